The van der Waals surface area contributed by atoms with E-state index in [2.05, 4.69) is 16.0 Å². The molecular weight excluding hydrogens is 262 g/mol. The lowest BCUT2D eigenvalue weighted by Gasteiger charge is -1.92. The van der Waals surface area contributed by atoms with Crippen LogP contribution in [0.2, 0.25) is 0 Å². The zero-order chi connectivity index (χ0) is 11.9. The molecule has 0 fully saturated rings. The smallest absolute Gasteiger partial charge is 0.126 e. The van der Waals surface area contributed by atoms with Gasteiger partial charge in [0.1, 0.15) is 19.4 Å². The van der Waals surface area contributed by atoms with Crippen LogP contribution < -0.4 is 0 Å². The van der Waals surface area contributed by atoms with Crippen LogP contribution in [0.4, 0.5) is 0 Å². The Morgan fingerprint density at radius 3 is 2.83 bits per heavy atom. The fraction of sp³-hybridized carbons (Fsp3) is 0. The minimum atomic E-state index is 1.02. The van der Waals surface area contributed by atoms with Crippen molar-refractivity contribution < 1.29 is 0 Å². The van der Waals surface area contributed by atoms with Gasteiger partial charge in [-0.15, -0.1) is 22.7 Å². The number of nitrogens with zero attached hydrogens (tertiary/aromatic N) is 3. The molecule has 4 aromatic heterocycles. The number of rotatable bonds is 1. The molecule has 0 aliphatic rings. The van der Waals surface area contributed by atoms with Gasteiger partial charge in [0.05, 0.1) is 0 Å². The van der Waals surface area contributed by atoms with Crippen LogP contribution in [0.1, 0.15) is 0 Å². The third-order valence-corrected chi connectivity index (χ3v) is 5.02. The van der Waals surface area contributed by atoms with Gasteiger partial charge in [0.25, 0.3) is 0 Å². The molecule has 0 unspecified atom stereocenters. The van der Waals surface area contributed by atoms with E-state index in [1.807, 2.05) is 30.6 Å². The molecule has 4 aromatic rings. The highest BCUT2D eigenvalue weighted by Crippen LogP contribution is 2.38. The number of thiophene rings is 1. The highest BCUT2D eigenvalue weighted by molar-refractivity contribution is 7.42. The zero-order valence-corrected chi connectivity index (χ0v) is 10.8. The molecule has 18 heavy (non-hydrogen) atoms. The van der Waals surface area contributed by atoms with Crippen molar-refractivity contribution in [2.45, 2.75) is 0 Å². The van der Waals surface area contributed by atoms with Crippen LogP contribution in [0.15, 0.2) is 42.9 Å². The van der Waals surface area contributed by atoms with E-state index in [0.29, 0.717) is 0 Å². The van der Waals surface area contributed by atoms with E-state index in [1.165, 1.54) is 4.01 Å². The number of pyridine rings is 2. The third-order valence-electron chi connectivity index (χ3n) is 2.72. The van der Waals surface area contributed by atoms with Crippen molar-refractivity contribution in [1.82, 2.24) is 15.0 Å². The van der Waals surface area contributed by atoms with E-state index < -0.39 is 0 Å². The summed E-state index contributed by atoms with van der Waals surface area (Å²) >= 11 is 3.41. The second-order valence-electron chi connectivity index (χ2n) is 3.85. The van der Waals surface area contributed by atoms with Crippen LogP contribution in [-0.2, 0) is 0 Å². The molecule has 0 aliphatic carbocycles. The van der Waals surface area contributed by atoms with Crippen LogP contribution in [0.3, 0.4) is 0 Å². The summed E-state index contributed by atoms with van der Waals surface area (Å²) in [7, 11) is 0. The molecule has 5 heteroatoms. The first-order valence-electron chi connectivity index (χ1n) is 5.46. The van der Waals surface area contributed by atoms with Crippen LogP contribution in [0.5, 0.6) is 0 Å². The maximum atomic E-state index is 4.72. The highest BCUT2D eigenvalue weighted by atomic mass is 32.2. The summed E-state index contributed by atoms with van der Waals surface area (Å²) in [4.78, 5) is 14.3. The lowest BCUT2D eigenvalue weighted by Crippen LogP contribution is -1.77. The van der Waals surface area contributed by atoms with Crippen molar-refractivity contribution in [1.29, 1.82) is 0 Å². The van der Waals surface area contributed by atoms with Gasteiger partial charge in [-0.05, 0) is 24.3 Å². The molecule has 0 aromatic carbocycles. The summed E-state index contributed by atoms with van der Waals surface area (Å²) in [6, 6.07) is 8.01. The second-order valence-corrected chi connectivity index (χ2v) is 6.11. The minimum Gasteiger partial charge on any atom is -0.264 e. The highest BCUT2D eigenvalue weighted by Gasteiger charge is 2.12. The Labute approximate surface area is 111 Å². The molecule has 4 rings (SSSR count). The first-order valence-corrected chi connectivity index (χ1v) is 7.09. The first-order chi connectivity index (χ1) is 8.92. The number of hydrogen-bond acceptors (Lipinski definition) is 5. The fourth-order valence-corrected chi connectivity index (χ4v) is 4.16. The van der Waals surface area contributed by atoms with Crippen molar-refractivity contribution in [3.8, 4) is 10.6 Å². The van der Waals surface area contributed by atoms with E-state index in [1.54, 1.807) is 28.9 Å². The van der Waals surface area contributed by atoms with Gasteiger partial charge >= 0.3 is 0 Å². The quantitative estimate of drug-likeness (QED) is 0.525. The Hall–Kier alpha value is -1.85. The topological polar surface area (TPSA) is 38.7 Å². The standard InChI is InChI=1S/C13H7N3S2/c1-3-8(7-14-5-1)11-16-10-9-4-2-6-15-12(9)18-13(10)17-11/h1-7H. The number of hydrogen-bond donors (Lipinski definition) is 0. The fourth-order valence-electron chi connectivity index (χ4n) is 1.90. The number of aromatic nitrogens is 3. The SMILES string of the molecule is c1cncc(-c2nc3c(s2)sc2ncccc23)c1. The Kier molecular flexibility index (Phi) is 2.15. The molecule has 0 saturated carbocycles. The Bertz CT molecular complexity index is 833. The summed E-state index contributed by atoms with van der Waals surface area (Å²) in [5.74, 6) is 0. The molecule has 0 radical (unpaired) electrons. The lowest BCUT2D eigenvalue weighted by atomic mass is 10.3. The average Bonchev–Trinajstić information content (AvgIpc) is 2.97. The van der Waals surface area contributed by atoms with Crippen LogP contribution in [0.25, 0.3) is 30.3 Å². The molecule has 86 valence electrons. The average molecular weight is 269 g/mol. The van der Waals surface area contributed by atoms with Crippen LogP contribution in [-0.4, -0.2) is 15.0 Å². The van der Waals surface area contributed by atoms with E-state index in [0.717, 1.165) is 26.3 Å². The molecule has 3 nitrogen and oxygen atoms in total. The molecule has 0 aliphatic heterocycles. The zero-order valence-electron chi connectivity index (χ0n) is 9.20. The molecule has 0 atom stereocenters. The number of fused-ring (bicyclic) bond motifs is 3. The van der Waals surface area contributed by atoms with E-state index in [-0.39, 0.29) is 0 Å². The van der Waals surface area contributed by atoms with Gasteiger partial charge in [-0.3, -0.25) is 4.98 Å². The molecule has 4 heterocycles. The van der Waals surface area contributed by atoms with E-state index in [4.69, 9.17) is 4.98 Å². The van der Waals surface area contributed by atoms with Crippen molar-refractivity contribution >= 4 is 42.4 Å². The number of thiazole rings is 1. The Morgan fingerprint density at radius 1 is 1.00 bits per heavy atom. The van der Waals surface area contributed by atoms with Gasteiger partial charge in [-0.2, -0.15) is 0 Å². The van der Waals surface area contributed by atoms with Gasteiger partial charge in [0.15, 0.2) is 0 Å². The Balaban J connectivity index is 2.00. The maximum Gasteiger partial charge on any atom is 0.126 e. The molecule has 0 bridgehead atoms. The van der Waals surface area contributed by atoms with Crippen molar-refractivity contribution in [2.24, 2.45) is 0 Å². The van der Waals surface area contributed by atoms with Gasteiger partial charge < -0.3 is 0 Å². The molecule has 0 spiro atoms. The lowest BCUT2D eigenvalue weighted by molar-refractivity contribution is 1.32. The monoisotopic (exact) mass is 269 g/mol. The largest absolute Gasteiger partial charge is 0.264 e. The third kappa shape index (κ3) is 1.45. The van der Waals surface area contributed by atoms with Gasteiger partial charge in [-0.1, -0.05) is 0 Å². The second kappa shape index (κ2) is 3.83. The normalized spacial score (nSPS) is 11.3. The van der Waals surface area contributed by atoms with Crippen LogP contribution >= 0.6 is 22.7 Å². The van der Waals surface area contributed by atoms with Crippen LogP contribution in [0, 0.1) is 0 Å². The first kappa shape index (κ1) is 10.1. The summed E-state index contributed by atoms with van der Waals surface area (Å²) in [5, 5.41) is 2.17. The molecule has 0 saturated heterocycles. The Morgan fingerprint density at radius 2 is 1.94 bits per heavy atom. The molecule has 0 amide bonds. The minimum absolute atomic E-state index is 1.02. The predicted molar refractivity (Wildman–Crippen MR) is 76.0 cm³/mol. The summed E-state index contributed by atoms with van der Waals surface area (Å²) in [6.45, 7) is 0. The van der Waals surface area contributed by atoms with Crippen molar-refractivity contribution in [2.75, 3.05) is 0 Å². The van der Waals surface area contributed by atoms with Crippen molar-refractivity contribution in [3.63, 3.8) is 0 Å². The summed E-state index contributed by atoms with van der Waals surface area (Å²) < 4.78 is 1.22. The molecule has 0 N–H and O–H groups in total. The van der Waals surface area contributed by atoms with Gasteiger partial charge in [0, 0.05) is 29.5 Å². The van der Waals surface area contributed by atoms with Crippen molar-refractivity contribution in [3.05, 3.63) is 42.9 Å². The van der Waals surface area contributed by atoms with E-state index in [9.17, 15) is 0 Å². The van der Waals surface area contributed by atoms with Gasteiger partial charge in [0.2, 0.25) is 0 Å². The van der Waals surface area contributed by atoms with E-state index >= 15 is 0 Å². The summed E-state index contributed by atoms with van der Waals surface area (Å²) in [6.07, 6.45) is 5.45. The summed E-state index contributed by atoms with van der Waals surface area (Å²) in [5.41, 5.74) is 2.13. The molecular formula is C13H7N3S2. The maximum absolute atomic E-state index is 4.72. The van der Waals surface area contributed by atoms with Gasteiger partial charge in [-0.25, -0.2) is 9.97 Å². The predicted octanol–water partition coefficient (Wildman–Crippen LogP) is 3.97.